The van der Waals surface area contributed by atoms with E-state index in [1.54, 1.807) is 0 Å². The summed E-state index contributed by atoms with van der Waals surface area (Å²) in [5.74, 6) is 2.38. The Labute approximate surface area is 176 Å². The van der Waals surface area contributed by atoms with E-state index in [1.807, 2.05) is 12.1 Å². The molecule has 0 aromatic heterocycles. The van der Waals surface area contributed by atoms with E-state index in [1.165, 1.54) is 37.7 Å². The lowest BCUT2D eigenvalue weighted by Gasteiger charge is -2.24. The van der Waals surface area contributed by atoms with Crippen molar-refractivity contribution in [3.8, 4) is 0 Å². The molecule has 3 aliphatic rings. The monoisotopic (exact) mass is 398 g/mol. The van der Waals surface area contributed by atoms with Gasteiger partial charge in [-0.1, -0.05) is 57.9 Å². The van der Waals surface area contributed by atoms with Crippen molar-refractivity contribution in [1.29, 1.82) is 0 Å². The van der Waals surface area contributed by atoms with Crippen LogP contribution in [0.25, 0.3) is 0 Å². The molecule has 0 bridgehead atoms. The zero-order chi connectivity index (χ0) is 20.6. The molecule has 1 aromatic carbocycles. The Morgan fingerprint density at radius 2 is 1.97 bits per heavy atom. The minimum absolute atomic E-state index is 0.318. The fourth-order valence-corrected chi connectivity index (χ4v) is 5.81. The first-order chi connectivity index (χ1) is 13.9. The van der Waals surface area contributed by atoms with Crippen molar-refractivity contribution in [3.63, 3.8) is 0 Å². The second kappa shape index (κ2) is 8.49. The van der Waals surface area contributed by atoms with Crippen LogP contribution in [0.4, 0.5) is 0 Å². The highest BCUT2D eigenvalue weighted by atomic mass is 16.3. The molecule has 2 N–H and O–H groups in total. The molecule has 4 nitrogen and oxygen atoms in total. The Kier molecular flexibility index (Phi) is 6.15. The second-order valence-corrected chi connectivity index (χ2v) is 10.3. The van der Waals surface area contributed by atoms with E-state index in [2.05, 4.69) is 43.1 Å². The maximum absolute atomic E-state index is 11.1. The Balaban J connectivity index is 1.28. The van der Waals surface area contributed by atoms with Crippen LogP contribution in [0, 0.1) is 17.8 Å². The predicted molar refractivity (Wildman–Crippen MR) is 117 cm³/mol. The van der Waals surface area contributed by atoms with Crippen LogP contribution in [0.15, 0.2) is 24.3 Å². The van der Waals surface area contributed by atoms with Gasteiger partial charge in [0.05, 0.1) is 0 Å². The highest BCUT2D eigenvalue weighted by molar-refractivity contribution is 5.74. The minimum Gasteiger partial charge on any atom is -0.374 e. The van der Waals surface area contributed by atoms with Crippen molar-refractivity contribution in [2.75, 3.05) is 13.1 Å². The van der Waals surface area contributed by atoms with Gasteiger partial charge in [0.15, 0.2) is 0 Å². The van der Waals surface area contributed by atoms with Crippen molar-refractivity contribution in [2.45, 2.75) is 83.0 Å². The molecular weight excluding hydrogens is 360 g/mol. The number of fused-ring (bicyclic) bond motifs is 1. The number of carbonyl (C=O) groups excluding carboxylic acids is 1. The van der Waals surface area contributed by atoms with Gasteiger partial charge in [0, 0.05) is 36.7 Å². The quantitative estimate of drug-likeness (QED) is 0.484. The van der Waals surface area contributed by atoms with Gasteiger partial charge in [0.2, 0.25) is 0 Å². The molecule has 2 saturated heterocycles. The van der Waals surface area contributed by atoms with Crippen molar-refractivity contribution >= 4 is 6.29 Å². The topological polar surface area (TPSA) is 52.3 Å². The highest BCUT2D eigenvalue weighted by Gasteiger charge is 2.65. The number of nitrogens with zero attached hydrogens (tertiary/aromatic N) is 1. The molecule has 1 unspecified atom stereocenters. The first-order valence-electron chi connectivity index (χ1n) is 11.7. The number of aldehydes is 1. The number of aliphatic hydroxyl groups is 1. The van der Waals surface area contributed by atoms with Crippen molar-refractivity contribution in [1.82, 2.24) is 10.2 Å². The van der Waals surface area contributed by atoms with Gasteiger partial charge in [-0.2, -0.15) is 0 Å². The van der Waals surface area contributed by atoms with Gasteiger partial charge in [-0.05, 0) is 49.0 Å². The number of hydrogen-bond donors (Lipinski definition) is 2. The molecule has 4 heteroatoms. The molecule has 2 aliphatic heterocycles. The van der Waals surface area contributed by atoms with E-state index < -0.39 is 5.72 Å². The number of piperidine rings is 1. The molecule has 2 heterocycles. The number of hydrogen-bond acceptors (Lipinski definition) is 4. The summed E-state index contributed by atoms with van der Waals surface area (Å²) in [6.45, 7) is 8.64. The maximum Gasteiger partial charge on any atom is 0.150 e. The molecular formula is C25H38N2O2. The van der Waals surface area contributed by atoms with Crippen LogP contribution in [-0.4, -0.2) is 47.2 Å². The van der Waals surface area contributed by atoms with E-state index in [0.29, 0.717) is 23.9 Å². The van der Waals surface area contributed by atoms with Crippen LogP contribution in [0.5, 0.6) is 0 Å². The number of rotatable bonds is 9. The Bertz CT molecular complexity index is 703. The Hall–Kier alpha value is -1.23. The van der Waals surface area contributed by atoms with Gasteiger partial charge in [0.25, 0.3) is 0 Å². The van der Waals surface area contributed by atoms with E-state index in [-0.39, 0.29) is 0 Å². The largest absolute Gasteiger partial charge is 0.374 e. The first-order valence-corrected chi connectivity index (χ1v) is 11.7. The SMILES string of the molecule is CC(C)CC[C@@H]1CC[C@H](NC[C@@H]2C[C@H]([C@H](C)c3ccc(C=O)cc3)N3C[C@]23O)C1. The molecule has 29 heavy (non-hydrogen) atoms. The van der Waals surface area contributed by atoms with Crippen LogP contribution < -0.4 is 5.32 Å². The third-order valence-electron chi connectivity index (χ3n) is 7.90. The molecule has 1 saturated carbocycles. The predicted octanol–water partition coefficient (Wildman–Crippen LogP) is 4.19. The smallest absolute Gasteiger partial charge is 0.150 e. The molecule has 160 valence electrons. The summed E-state index contributed by atoms with van der Waals surface area (Å²) in [5.41, 5.74) is 1.39. The van der Waals surface area contributed by atoms with Crippen LogP contribution in [0.3, 0.4) is 0 Å². The van der Waals surface area contributed by atoms with E-state index in [9.17, 15) is 9.90 Å². The average molecular weight is 399 g/mol. The van der Waals surface area contributed by atoms with Gasteiger partial charge in [0.1, 0.15) is 12.0 Å². The summed E-state index contributed by atoms with van der Waals surface area (Å²) in [7, 11) is 0. The normalized spacial score (nSPS) is 36.9. The lowest BCUT2D eigenvalue weighted by molar-refractivity contribution is 0.0607. The summed E-state index contributed by atoms with van der Waals surface area (Å²) < 4.78 is 0. The molecule has 1 aromatic rings. The lowest BCUT2D eigenvalue weighted by Crippen LogP contribution is -2.37. The molecule has 4 rings (SSSR count). The van der Waals surface area contributed by atoms with E-state index in [4.69, 9.17) is 0 Å². The molecule has 1 aliphatic carbocycles. The number of benzene rings is 1. The Morgan fingerprint density at radius 1 is 1.21 bits per heavy atom. The maximum atomic E-state index is 11.1. The standard InChI is InChI=1S/C25H38N2O2/c1-17(2)4-5-19-8-11-23(12-19)26-14-22-13-24(27-16-25(22,27)29)18(3)21-9-6-20(15-28)7-10-21/h6-7,9-10,15,17-19,22-24,26,29H,4-5,8,11-14,16H2,1-3H3/t18-,19-,22+,23+,24-,25+,27?/m1/s1. The molecule has 0 radical (unpaired) electrons. The van der Waals surface area contributed by atoms with E-state index >= 15 is 0 Å². The fourth-order valence-electron chi connectivity index (χ4n) is 5.81. The summed E-state index contributed by atoms with van der Waals surface area (Å²) in [6, 6.07) is 8.96. The molecule has 0 amide bonds. The van der Waals surface area contributed by atoms with E-state index in [0.717, 1.165) is 43.2 Å². The number of carbonyl (C=O) groups is 1. The average Bonchev–Trinajstić information content (AvgIpc) is 3.08. The summed E-state index contributed by atoms with van der Waals surface area (Å²) in [5, 5.41) is 14.9. The molecule has 7 atom stereocenters. The van der Waals surface area contributed by atoms with Gasteiger partial charge < -0.3 is 10.4 Å². The highest BCUT2D eigenvalue weighted by Crippen LogP contribution is 2.52. The third-order valence-corrected chi connectivity index (χ3v) is 7.90. The van der Waals surface area contributed by atoms with Crippen LogP contribution in [0.1, 0.15) is 81.1 Å². The first kappa shape index (κ1) is 21.0. The van der Waals surface area contributed by atoms with Crippen molar-refractivity contribution in [3.05, 3.63) is 35.4 Å². The molecule has 3 fully saturated rings. The summed E-state index contributed by atoms with van der Waals surface area (Å²) >= 11 is 0. The minimum atomic E-state index is -0.593. The summed E-state index contributed by atoms with van der Waals surface area (Å²) in [4.78, 5) is 13.2. The van der Waals surface area contributed by atoms with Gasteiger partial charge in [-0.3, -0.25) is 9.69 Å². The van der Waals surface area contributed by atoms with Gasteiger partial charge in [-0.15, -0.1) is 0 Å². The van der Waals surface area contributed by atoms with Crippen LogP contribution >= 0.6 is 0 Å². The fraction of sp³-hybridized carbons (Fsp3) is 0.720. The zero-order valence-electron chi connectivity index (χ0n) is 18.3. The van der Waals surface area contributed by atoms with Crippen molar-refractivity contribution < 1.29 is 9.90 Å². The molecule has 0 spiro atoms. The van der Waals surface area contributed by atoms with Crippen molar-refractivity contribution in [2.24, 2.45) is 17.8 Å². The van der Waals surface area contributed by atoms with Gasteiger partial charge >= 0.3 is 0 Å². The summed E-state index contributed by atoms with van der Waals surface area (Å²) in [6.07, 6.45) is 8.63. The van der Waals surface area contributed by atoms with Crippen LogP contribution in [-0.2, 0) is 0 Å². The number of nitrogens with one attached hydrogen (secondary N) is 1. The third kappa shape index (κ3) is 4.45. The lowest BCUT2D eigenvalue weighted by atomic mass is 9.87. The van der Waals surface area contributed by atoms with Crippen LogP contribution in [0.2, 0.25) is 0 Å². The Morgan fingerprint density at radius 3 is 2.66 bits per heavy atom. The zero-order valence-corrected chi connectivity index (χ0v) is 18.3. The van der Waals surface area contributed by atoms with Gasteiger partial charge in [-0.25, -0.2) is 0 Å². The second-order valence-electron chi connectivity index (χ2n) is 10.3.